The summed E-state index contributed by atoms with van der Waals surface area (Å²) < 4.78 is 4.86. The average molecular weight is 419 g/mol. The number of pyridine rings is 1. The Balaban J connectivity index is 1.66. The van der Waals surface area contributed by atoms with Crippen molar-refractivity contribution in [3.63, 3.8) is 0 Å². The van der Waals surface area contributed by atoms with Crippen LogP contribution in [0.1, 0.15) is 44.7 Å². The number of likely N-dealkylation sites (tertiary alicyclic amines) is 1. The van der Waals surface area contributed by atoms with E-state index >= 15 is 0 Å². The Hall–Kier alpha value is -2.64. The predicted molar refractivity (Wildman–Crippen MR) is 114 cm³/mol. The molecule has 1 aliphatic heterocycles. The predicted octanol–water partition coefficient (Wildman–Crippen LogP) is 2.24. The van der Waals surface area contributed by atoms with Crippen molar-refractivity contribution < 1.29 is 19.1 Å². The zero-order chi connectivity index (χ0) is 21.8. The highest BCUT2D eigenvalue weighted by molar-refractivity contribution is 5.76. The van der Waals surface area contributed by atoms with Crippen LogP contribution in [-0.2, 0) is 20.7 Å². The lowest BCUT2D eigenvalue weighted by atomic mass is 9.93. The minimum absolute atomic E-state index is 0.127. The first-order chi connectivity index (χ1) is 14.5. The van der Waals surface area contributed by atoms with Crippen molar-refractivity contribution in [1.29, 1.82) is 0 Å². The van der Waals surface area contributed by atoms with Crippen LogP contribution in [0.25, 0.3) is 0 Å². The van der Waals surface area contributed by atoms with Crippen molar-refractivity contribution in [3.8, 4) is 0 Å². The molecule has 0 aromatic carbocycles. The third-order valence-electron chi connectivity index (χ3n) is 5.34. The van der Waals surface area contributed by atoms with Crippen molar-refractivity contribution in [2.24, 2.45) is 5.92 Å². The van der Waals surface area contributed by atoms with E-state index in [2.05, 4.69) is 10.3 Å². The molecule has 1 N–H and O–H groups in total. The molecule has 3 amide bonds. The fraction of sp³-hybridized carbons (Fsp3) is 0.636. The van der Waals surface area contributed by atoms with E-state index in [-0.39, 0.29) is 30.9 Å². The van der Waals surface area contributed by atoms with Gasteiger partial charge in [0.25, 0.3) is 0 Å². The number of carbonyl (C=O) groups excluding carboxylic acids is 3. The lowest BCUT2D eigenvalue weighted by Crippen LogP contribution is -2.46. The van der Waals surface area contributed by atoms with Crippen LogP contribution in [0, 0.1) is 5.92 Å². The van der Waals surface area contributed by atoms with Crippen LogP contribution in [0.5, 0.6) is 0 Å². The minimum Gasteiger partial charge on any atom is -0.466 e. The molecular formula is C22H34N4O4. The van der Waals surface area contributed by atoms with E-state index in [0.29, 0.717) is 38.6 Å². The fourth-order valence-corrected chi connectivity index (χ4v) is 3.57. The Morgan fingerprint density at radius 2 is 2.13 bits per heavy atom. The molecule has 0 saturated carbocycles. The Bertz CT molecular complexity index is 683. The number of nitrogens with one attached hydrogen (secondary N) is 1. The first-order valence-electron chi connectivity index (χ1n) is 10.8. The standard InChI is InChI=1S/C22H34N4O4/c1-3-30-21(28)11-14-24-22(29)26-15-6-7-18(17-26)9-10-20(27)25(2)16-12-19-8-4-5-13-23-19/h4-5,8,13,18H,3,6-7,9-12,14-17H2,1-2H3,(H,24,29)/t18-/m0/s1. The summed E-state index contributed by atoms with van der Waals surface area (Å²) in [6.45, 7) is 4.38. The van der Waals surface area contributed by atoms with Crippen LogP contribution < -0.4 is 5.32 Å². The first-order valence-corrected chi connectivity index (χ1v) is 10.8. The fourth-order valence-electron chi connectivity index (χ4n) is 3.57. The third-order valence-corrected chi connectivity index (χ3v) is 5.34. The van der Waals surface area contributed by atoms with Crippen LogP contribution in [-0.4, -0.2) is 72.5 Å². The highest BCUT2D eigenvalue weighted by atomic mass is 16.5. The molecule has 0 spiro atoms. The van der Waals surface area contributed by atoms with Gasteiger partial charge in [-0.1, -0.05) is 6.07 Å². The summed E-state index contributed by atoms with van der Waals surface area (Å²) in [5, 5.41) is 2.78. The number of urea groups is 1. The van der Waals surface area contributed by atoms with E-state index in [4.69, 9.17) is 4.74 Å². The van der Waals surface area contributed by atoms with E-state index in [9.17, 15) is 14.4 Å². The van der Waals surface area contributed by atoms with Gasteiger partial charge >= 0.3 is 12.0 Å². The maximum absolute atomic E-state index is 12.4. The maximum Gasteiger partial charge on any atom is 0.317 e. The number of rotatable bonds is 10. The van der Waals surface area contributed by atoms with Gasteiger partial charge in [0.05, 0.1) is 13.0 Å². The average Bonchev–Trinajstić information content (AvgIpc) is 2.76. The largest absolute Gasteiger partial charge is 0.466 e. The van der Waals surface area contributed by atoms with Gasteiger partial charge in [0, 0.05) is 58.0 Å². The molecule has 0 radical (unpaired) electrons. The molecule has 0 bridgehead atoms. The molecule has 1 saturated heterocycles. The molecule has 1 fully saturated rings. The van der Waals surface area contributed by atoms with Crippen molar-refractivity contribution >= 4 is 17.9 Å². The molecule has 1 aliphatic rings. The van der Waals surface area contributed by atoms with Gasteiger partial charge in [0.2, 0.25) is 5.91 Å². The van der Waals surface area contributed by atoms with E-state index in [1.165, 1.54) is 0 Å². The molecule has 8 heteroatoms. The topological polar surface area (TPSA) is 91.8 Å². The number of amides is 3. The van der Waals surface area contributed by atoms with Gasteiger partial charge in [-0.05, 0) is 44.2 Å². The van der Waals surface area contributed by atoms with E-state index in [0.717, 1.165) is 31.4 Å². The first kappa shape index (κ1) is 23.6. The zero-order valence-electron chi connectivity index (χ0n) is 18.1. The molecule has 8 nitrogen and oxygen atoms in total. The number of ether oxygens (including phenoxy) is 1. The summed E-state index contributed by atoms with van der Waals surface area (Å²) in [5.41, 5.74) is 0.981. The number of hydrogen-bond acceptors (Lipinski definition) is 5. The van der Waals surface area contributed by atoms with Gasteiger partial charge in [-0.15, -0.1) is 0 Å². The van der Waals surface area contributed by atoms with Crippen molar-refractivity contribution in [3.05, 3.63) is 30.1 Å². The van der Waals surface area contributed by atoms with Gasteiger partial charge in [-0.2, -0.15) is 0 Å². The normalized spacial score (nSPS) is 16.1. The molecule has 0 unspecified atom stereocenters. The quantitative estimate of drug-likeness (QED) is 0.589. The molecule has 30 heavy (non-hydrogen) atoms. The highest BCUT2D eigenvalue weighted by Crippen LogP contribution is 2.21. The third kappa shape index (κ3) is 8.39. The van der Waals surface area contributed by atoms with Gasteiger partial charge in [0.15, 0.2) is 0 Å². The van der Waals surface area contributed by atoms with Crippen molar-refractivity contribution in [2.75, 3.05) is 39.8 Å². The summed E-state index contributed by atoms with van der Waals surface area (Å²) in [4.78, 5) is 44.0. The van der Waals surface area contributed by atoms with E-state index < -0.39 is 0 Å². The lowest BCUT2D eigenvalue weighted by molar-refractivity contribution is -0.142. The van der Waals surface area contributed by atoms with Crippen molar-refractivity contribution in [2.45, 2.75) is 45.4 Å². The number of aromatic nitrogens is 1. The summed E-state index contributed by atoms with van der Waals surface area (Å²) in [6.07, 6.45) is 5.90. The molecule has 1 aromatic rings. The van der Waals surface area contributed by atoms with Crippen LogP contribution in [0.3, 0.4) is 0 Å². The summed E-state index contributed by atoms with van der Waals surface area (Å²) >= 11 is 0. The SMILES string of the molecule is CCOC(=O)CCNC(=O)N1CCC[C@@H](CCC(=O)N(C)CCc2ccccn2)C1. The monoisotopic (exact) mass is 418 g/mol. The molecule has 0 aliphatic carbocycles. The van der Waals surface area contributed by atoms with Crippen LogP contribution in [0.15, 0.2) is 24.4 Å². The molecule has 166 valence electrons. The Morgan fingerprint density at radius 1 is 1.30 bits per heavy atom. The number of hydrogen-bond donors (Lipinski definition) is 1. The highest BCUT2D eigenvalue weighted by Gasteiger charge is 2.24. The second-order valence-corrected chi connectivity index (χ2v) is 7.67. The van der Waals surface area contributed by atoms with Gasteiger partial charge in [0.1, 0.15) is 0 Å². The second-order valence-electron chi connectivity index (χ2n) is 7.67. The van der Waals surface area contributed by atoms with Gasteiger partial charge < -0.3 is 19.9 Å². The number of carbonyl (C=O) groups is 3. The number of esters is 1. The van der Waals surface area contributed by atoms with E-state index in [1.807, 2.05) is 25.2 Å². The molecule has 1 aromatic heterocycles. The molecule has 2 rings (SSSR count). The smallest absolute Gasteiger partial charge is 0.317 e. The summed E-state index contributed by atoms with van der Waals surface area (Å²) in [7, 11) is 1.83. The van der Waals surface area contributed by atoms with E-state index in [1.54, 1.807) is 22.9 Å². The van der Waals surface area contributed by atoms with Crippen molar-refractivity contribution in [1.82, 2.24) is 20.1 Å². The van der Waals surface area contributed by atoms with Crippen LogP contribution in [0.2, 0.25) is 0 Å². The second kappa shape index (κ2) is 12.8. The maximum atomic E-state index is 12.4. The molecule has 2 heterocycles. The summed E-state index contributed by atoms with van der Waals surface area (Å²) in [6, 6.07) is 5.65. The Morgan fingerprint density at radius 3 is 2.87 bits per heavy atom. The van der Waals surface area contributed by atoms with Gasteiger partial charge in [-0.3, -0.25) is 14.6 Å². The number of likely N-dealkylation sites (N-methyl/N-ethyl adjacent to an activating group) is 1. The zero-order valence-corrected chi connectivity index (χ0v) is 18.1. The Kier molecular flexibility index (Phi) is 10.1. The lowest BCUT2D eigenvalue weighted by Gasteiger charge is -2.33. The summed E-state index contributed by atoms with van der Waals surface area (Å²) in [5.74, 6) is 0.143. The van der Waals surface area contributed by atoms with Gasteiger partial charge in [-0.25, -0.2) is 4.79 Å². The van der Waals surface area contributed by atoms with Crippen LogP contribution >= 0.6 is 0 Å². The molecule has 1 atom stereocenters. The minimum atomic E-state index is -0.306. The molecular weight excluding hydrogens is 384 g/mol. The number of piperidine rings is 1. The van der Waals surface area contributed by atoms with Crippen LogP contribution in [0.4, 0.5) is 4.79 Å². The number of nitrogens with zero attached hydrogens (tertiary/aromatic N) is 3. The Labute approximate surface area is 179 Å².